The minimum atomic E-state index is -0.325. The van der Waals surface area contributed by atoms with Gasteiger partial charge in [-0.15, -0.1) is 0 Å². The summed E-state index contributed by atoms with van der Waals surface area (Å²) in [6.07, 6.45) is 3.53. The van der Waals surface area contributed by atoms with Gasteiger partial charge in [-0.3, -0.25) is 9.69 Å². The predicted octanol–water partition coefficient (Wildman–Crippen LogP) is 6.95. The Hall–Kier alpha value is -3.06. The number of nitrogens with zero attached hydrogens (tertiary/aromatic N) is 2. The van der Waals surface area contributed by atoms with Gasteiger partial charge in [-0.1, -0.05) is 42.8 Å². The molecule has 7 heteroatoms. The molecule has 0 aliphatic carbocycles. The van der Waals surface area contributed by atoms with E-state index in [9.17, 15) is 4.79 Å². The molecule has 0 saturated carbocycles. The number of amides is 1. The fraction of sp³-hybridized carbons (Fsp3) is 0.441. The Balaban J connectivity index is 1.53. The molecule has 6 nitrogen and oxygen atoms in total. The predicted molar refractivity (Wildman–Crippen MR) is 166 cm³/mol. The lowest BCUT2D eigenvalue weighted by Gasteiger charge is -2.39. The fourth-order valence-electron chi connectivity index (χ4n) is 6.05. The lowest BCUT2D eigenvalue weighted by Crippen LogP contribution is -2.42. The molecule has 2 aliphatic rings. The maximum absolute atomic E-state index is 13.9. The molecule has 0 radical (unpaired) electrons. The molecule has 3 aromatic carbocycles. The highest BCUT2D eigenvalue weighted by molar-refractivity contribution is 6.30. The zero-order valence-electron chi connectivity index (χ0n) is 24.8. The highest BCUT2D eigenvalue weighted by Gasteiger charge is 2.36. The fourth-order valence-corrected chi connectivity index (χ4v) is 6.18. The number of hydrogen-bond donors (Lipinski definition) is 1. The Labute approximate surface area is 249 Å². The first-order chi connectivity index (χ1) is 19.8. The van der Waals surface area contributed by atoms with Gasteiger partial charge in [0.1, 0.15) is 0 Å². The van der Waals surface area contributed by atoms with E-state index in [-0.39, 0.29) is 30.5 Å². The second-order valence-electron chi connectivity index (χ2n) is 11.3. The first-order valence-electron chi connectivity index (χ1n) is 14.8. The van der Waals surface area contributed by atoms with Gasteiger partial charge in [-0.2, -0.15) is 0 Å². The molecule has 2 heterocycles. The third-order valence-electron chi connectivity index (χ3n) is 8.83. The minimum Gasteiger partial charge on any atom is -0.493 e. The molecule has 218 valence electrons. The van der Waals surface area contributed by atoms with Crippen molar-refractivity contribution in [3.05, 3.63) is 87.9 Å². The van der Waals surface area contributed by atoms with Crippen LogP contribution in [0, 0.1) is 0 Å². The molecule has 3 atom stereocenters. The van der Waals surface area contributed by atoms with Crippen LogP contribution >= 0.6 is 11.6 Å². The van der Waals surface area contributed by atoms with Gasteiger partial charge in [0.15, 0.2) is 11.5 Å². The van der Waals surface area contributed by atoms with Crippen LogP contribution in [0.3, 0.4) is 0 Å². The van der Waals surface area contributed by atoms with E-state index in [2.05, 4.69) is 68.4 Å². The van der Waals surface area contributed by atoms with E-state index in [1.807, 2.05) is 35.2 Å². The summed E-state index contributed by atoms with van der Waals surface area (Å²) in [5.74, 6) is 1.39. The quantitative estimate of drug-likeness (QED) is 0.299. The molecule has 3 aromatic rings. The number of carbonyl (C=O) groups is 1. The van der Waals surface area contributed by atoms with Gasteiger partial charge in [-0.25, -0.2) is 0 Å². The zero-order valence-corrected chi connectivity index (χ0v) is 25.6. The molecule has 0 bridgehead atoms. The van der Waals surface area contributed by atoms with Crippen LogP contribution in [-0.2, 0) is 11.2 Å². The van der Waals surface area contributed by atoms with Crippen molar-refractivity contribution in [2.24, 2.45) is 0 Å². The average molecular weight is 576 g/mol. The third-order valence-corrected chi connectivity index (χ3v) is 9.08. The summed E-state index contributed by atoms with van der Waals surface area (Å²) >= 11 is 6.27. The Bertz CT molecular complexity index is 1340. The van der Waals surface area contributed by atoms with Gasteiger partial charge in [0.25, 0.3) is 0 Å². The number of piperidine rings is 1. The molecule has 0 aromatic heterocycles. The average Bonchev–Trinajstić information content (AvgIpc) is 3.00. The van der Waals surface area contributed by atoms with Gasteiger partial charge in [0, 0.05) is 22.8 Å². The monoisotopic (exact) mass is 575 g/mol. The molecular formula is C34H42ClN3O3. The molecule has 5 rings (SSSR count). The summed E-state index contributed by atoms with van der Waals surface area (Å²) in [4.78, 5) is 18.3. The third kappa shape index (κ3) is 6.25. The molecule has 0 spiro atoms. The van der Waals surface area contributed by atoms with Gasteiger partial charge < -0.3 is 19.7 Å². The standard InChI is InChI=1S/C34H42ClN3O3/c1-6-22(2)41-32-21-30-26(19-31(32)40-5)20-33(39)38(34(30)25-7-11-27(35)12-8-25)29-13-9-24(10-14-29)23(3)37(4)28-15-17-36-18-16-28/h7-14,19,21-23,28,34,36H,6,15-18,20H2,1-5H3. The van der Waals surface area contributed by atoms with Crippen molar-refractivity contribution in [3.8, 4) is 11.5 Å². The number of halogens is 1. The van der Waals surface area contributed by atoms with Crippen LogP contribution in [0.1, 0.15) is 74.4 Å². The molecule has 41 heavy (non-hydrogen) atoms. The van der Waals surface area contributed by atoms with Crippen LogP contribution in [0.15, 0.2) is 60.7 Å². The van der Waals surface area contributed by atoms with Crippen molar-refractivity contribution in [2.75, 3.05) is 32.1 Å². The van der Waals surface area contributed by atoms with Crippen molar-refractivity contribution in [2.45, 2.75) is 70.7 Å². The first-order valence-corrected chi connectivity index (χ1v) is 15.2. The highest BCUT2D eigenvalue weighted by atomic mass is 35.5. The highest BCUT2D eigenvalue weighted by Crippen LogP contribution is 2.44. The molecule has 3 unspecified atom stereocenters. The molecule has 2 aliphatic heterocycles. The van der Waals surface area contributed by atoms with E-state index >= 15 is 0 Å². The second kappa shape index (κ2) is 12.8. The Morgan fingerprint density at radius 3 is 2.34 bits per heavy atom. The van der Waals surface area contributed by atoms with E-state index in [1.165, 1.54) is 5.56 Å². The summed E-state index contributed by atoms with van der Waals surface area (Å²) in [6, 6.07) is 20.9. The van der Waals surface area contributed by atoms with Crippen LogP contribution in [0.5, 0.6) is 11.5 Å². The van der Waals surface area contributed by atoms with Crippen molar-refractivity contribution >= 4 is 23.2 Å². The van der Waals surface area contributed by atoms with Crippen LogP contribution in [0.4, 0.5) is 5.69 Å². The van der Waals surface area contributed by atoms with E-state index in [4.69, 9.17) is 21.1 Å². The van der Waals surface area contributed by atoms with Crippen LogP contribution in [0.25, 0.3) is 0 Å². The number of hydrogen-bond acceptors (Lipinski definition) is 5. The summed E-state index contributed by atoms with van der Waals surface area (Å²) < 4.78 is 12.0. The summed E-state index contributed by atoms with van der Waals surface area (Å²) in [7, 11) is 3.87. The number of nitrogens with one attached hydrogen (secondary N) is 1. The first kappa shape index (κ1) is 29.4. The molecule has 1 saturated heterocycles. The van der Waals surface area contributed by atoms with E-state index < -0.39 is 0 Å². The largest absolute Gasteiger partial charge is 0.493 e. The number of carbonyl (C=O) groups excluding carboxylic acids is 1. The second-order valence-corrected chi connectivity index (χ2v) is 11.8. The van der Waals surface area contributed by atoms with Crippen LogP contribution < -0.4 is 19.7 Å². The summed E-state index contributed by atoms with van der Waals surface area (Å²) in [6.45, 7) is 8.56. The Kier molecular flexibility index (Phi) is 9.22. The minimum absolute atomic E-state index is 0.0368. The summed E-state index contributed by atoms with van der Waals surface area (Å²) in [5.41, 5.74) is 5.10. The number of rotatable bonds is 9. The van der Waals surface area contributed by atoms with Crippen molar-refractivity contribution in [1.82, 2.24) is 10.2 Å². The van der Waals surface area contributed by atoms with E-state index in [0.29, 0.717) is 22.6 Å². The number of benzene rings is 3. The van der Waals surface area contributed by atoms with Crippen molar-refractivity contribution < 1.29 is 14.3 Å². The van der Waals surface area contributed by atoms with E-state index in [0.717, 1.165) is 54.7 Å². The zero-order chi connectivity index (χ0) is 29.1. The number of methoxy groups -OCH3 is 1. The van der Waals surface area contributed by atoms with Crippen LogP contribution in [-0.4, -0.2) is 50.2 Å². The van der Waals surface area contributed by atoms with E-state index in [1.54, 1.807) is 7.11 Å². The number of ether oxygens (including phenoxy) is 2. The van der Waals surface area contributed by atoms with Crippen molar-refractivity contribution in [1.29, 1.82) is 0 Å². The molecule has 1 fully saturated rings. The number of fused-ring (bicyclic) bond motifs is 1. The Morgan fingerprint density at radius 1 is 1.02 bits per heavy atom. The van der Waals surface area contributed by atoms with Crippen LogP contribution in [0.2, 0.25) is 5.02 Å². The van der Waals surface area contributed by atoms with Gasteiger partial charge in [-0.05, 0) is 112 Å². The SMILES string of the molecule is CCC(C)Oc1cc2c(cc1OC)CC(=O)N(c1ccc(C(C)N(C)C3CCNCC3)cc1)C2c1ccc(Cl)cc1. The normalized spacial score (nSPS) is 19.1. The lowest BCUT2D eigenvalue weighted by molar-refractivity contribution is -0.118. The van der Waals surface area contributed by atoms with Crippen molar-refractivity contribution in [3.63, 3.8) is 0 Å². The van der Waals surface area contributed by atoms with Gasteiger partial charge in [0.05, 0.1) is 25.7 Å². The maximum Gasteiger partial charge on any atom is 0.232 e. The van der Waals surface area contributed by atoms with Gasteiger partial charge >= 0.3 is 0 Å². The topological polar surface area (TPSA) is 54.0 Å². The smallest absolute Gasteiger partial charge is 0.232 e. The molecule has 1 N–H and O–H groups in total. The summed E-state index contributed by atoms with van der Waals surface area (Å²) in [5, 5.41) is 4.12. The molecular weight excluding hydrogens is 534 g/mol. The molecule has 1 amide bonds. The Morgan fingerprint density at radius 2 is 1.71 bits per heavy atom. The number of anilines is 1. The lowest BCUT2D eigenvalue weighted by atomic mass is 9.86. The maximum atomic E-state index is 13.9. The van der Waals surface area contributed by atoms with Gasteiger partial charge in [0.2, 0.25) is 5.91 Å².